The molecule has 1 saturated heterocycles. The van der Waals surface area contributed by atoms with Gasteiger partial charge in [-0.3, -0.25) is 0 Å². The van der Waals surface area contributed by atoms with Crippen LogP contribution in [0.15, 0.2) is 18.2 Å². The molecule has 2 nitrogen and oxygen atoms in total. The van der Waals surface area contributed by atoms with Gasteiger partial charge in [0.1, 0.15) is 4.99 Å². The molecule has 0 spiro atoms. The lowest BCUT2D eigenvalue weighted by atomic mass is 9.82. The average Bonchev–Trinajstić information content (AvgIpc) is 2.37. The third-order valence-corrected chi connectivity index (χ3v) is 4.28. The Kier molecular flexibility index (Phi) is 4.19. The zero-order valence-corrected chi connectivity index (χ0v) is 12.9. The fourth-order valence-electron chi connectivity index (χ4n) is 2.55. The molecule has 1 fully saturated rings. The molecular formula is C15H19F3N2S. The van der Waals surface area contributed by atoms with Crippen molar-refractivity contribution in [1.82, 2.24) is 0 Å². The van der Waals surface area contributed by atoms with E-state index in [1.165, 1.54) is 6.07 Å². The van der Waals surface area contributed by atoms with Gasteiger partial charge >= 0.3 is 6.18 Å². The predicted octanol–water partition coefficient (Wildman–Crippen LogP) is 3.97. The Bertz CT molecular complexity index is 542. The fraction of sp³-hybridized carbons (Fsp3) is 0.533. The molecule has 1 aliphatic heterocycles. The smallest absolute Gasteiger partial charge is 0.389 e. The summed E-state index contributed by atoms with van der Waals surface area (Å²) in [4.78, 5) is 1.76. The molecule has 0 atom stereocenters. The second kappa shape index (κ2) is 5.48. The van der Waals surface area contributed by atoms with E-state index in [-0.39, 0.29) is 16.0 Å². The van der Waals surface area contributed by atoms with Crippen LogP contribution in [0.2, 0.25) is 0 Å². The van der Waals surface area contributed by atoms with Crippen molar-refractivity contribution in [2.24, 2.45) is 11.1 Å². The molecule has 0 saturated carbocycles. The molecule has 1 aromatic carbocycles. The first kappa shape index (κ1) is 16.1. The maximum Gasteiger partial charge on any atom is 0.417 e. The van der Waals surface area contributed by atoms with Crippen molar-refractivity contribution in [3.63, 3.8) is 0 Å². The van der Waals surface area contributed by atoms with Crippen molar-refractivity contribution in [3.05, 3.63) is 29.3 Å². The van der Waals surface area contributed by atoms with Gasteiger partial charge in [-0.15, -0.1) is 0 Å². The number of hydrogen-bond acceptors (Lipinski definition) is 2. The van der Waals surface area contributed by atoms with Gasteiger partial charge in [0.25, 0.3) is 0 Å². The zero-order valence-electron chi connectivity index (χ0n) is 12.1. The number of rotatable bonds is 2. The average molecular weight is 316 g/mol. The Labute approximate surface area is 128 Å². The number of nitrogens with two attached hydrogens (primary N) is 1. The van der Waals surface area contributed by atoms with Crippen LogP contribution in [0, 0.1) is 5.41 Å². The molecule has 21 heavy (non-hydrogen) atoms. The fourth-order valence-corrected chi connectivity index (χ4v) is 2.73. The molecule has 1 aromatic rings. The Morgan fingerprint density at radius 1 is 1.24 bits per heavy atom. The Balaban J connectivity index is 2.33. The summed E-state index contributed by atoms with van der Waals surface area (Å²) in [7, 11) is 0. The van der Waals surface area contributed by atoms with Crippen molar-refractivity contribution in [1.29, 1.82) is 0 Å². The van der Waals surface area contributed by atoms with Crippen LogP contribution in [0.4, 0.5) is 18.9 Å². The van der Waals surface area contributed by atoms with Crippen molar-refractivity contribution in [2.45, 2.75) is 32.9 Å². The molecule has 1 heterocycles. The van der Waals surface area contributed by atoms with Crippen LogP contribution < -0.4 is 10.6 Å². The number of benzene rings is 1. The third kappa shape index (κ3) is 3.67. The Morgan fingerprint density at radius 2 is 1.81 bits per heavy atom. The van der Waals surface area contributed by atoms with E-state index in [0.717, 1.165) is 32.0 Å². The summed E-state index contributed by atoms with van der Waals surface area (Å²) in [6.45, 7) is 5.89. The van der Waals surface area contributed by atoms with Gasteiger partial charge in [0.2, 0.25) is 0 Å². The topological polar surface area (TPSA) is 29.3 Å². The highest BCUT2D eigenvalue weighted by Crippen LogP contribution is 2.37. The van der Waals surface area contributed by atoms with E-state index in [9.17, 15) is 13.2 Å². The lowest BCUT2D eigenvalue weighted by Crippen LogP contribution is -2.37. The standard InChI is InChI=1S/C15H19F3N2S/c1-14(2)5-7-20(8-6-14)10-3-4-11(13(19)21)12(9-10)15(16,17)18/h3-4,9H,5-8H2,1-2H3,(H2,19,21). The zero-order chi connectivity index (χ0) is 15.8. The largest absolute Gasteiger partial charge is 0.417 e. The number of piperidine rings is 1. The van der Waals surface area contributed by atoms with Gasteiger partial charge in [0.15, 0.2) is 0 Å². The van der Waals surface area contributed by atoms with Crippen molar-refractivity contribution in [2.75, 3.05) is 18.0 Å². The SMILES string of the molecule is CC1(C)CCN(c2ccc(C(N)=S)c(C(F)(F)F)c2)CC1. The van der Waals surface area contributed by atoms with Gasteiger partial charge in [0, 0.05) is 24.3 Å². The van der Waals surface area contributed by atoms with Crippen LogP contribution in [0.25, 0.3) is 0 Å². The van der Waals surface area contributed by atoms with Crippen LogP contribution in [0.3, 0.4) is 0 Å². The van der Waals surface area contributed by atoms with Crippen molar-refractivity contribution >= 4 is 22.9 Å². The van der Waals surface area contributed by atoms with Crippen LogP contribution in [-0.2, 0) is 6.18 Å². The molecule has 0 aromatic heterocycles. The second-order valence-corrected chi connectivity index (χ2v) is 6.68. The number of thiocarbonyl (C=S) groups is 1. The highest BCUT2D eigenvalue weighted by molar-refractivity contribution is 7.80. The number of halogens is 3. The van der Waals surface area contributed by atoms with E-state index >= 15 is 0 Å². The van der Waals surface area contributed by atoms with Crippen molar-refractivity contribution < 1.29 is 13.2 Å². The molecule has 1 aliphatic rings. The van der Waals surface area contributed by atoms with Gasteiger partial charge in [0.05, 0.1) is 5.56 Å². The molecule has 6 heteroatoms. The minimum Gasteiger partial charge on any atom is -0.389 e. The maximum atomic E-state index is 13.1. The number of hydrogen-bond donors (Lipinski definition) is 1. The number of alkyl halides is 3. The first-order valence-corrected chi connectivity index (χ1v) is 7.27. The van der Waals surface area contributed by atoms with Gasteiger partial charge in [-0.05, 0) is 36.5 Å². The molecule has 0 unspecified atom stereocenters. The first-order chi connectivity index (χ1) is 9.60. The molecule has 0 amide bonds. The van der Waals surface area contributed by atoms with Crippen molar-refractivity contribution in [3.8, 4) is 0 Å². The summed E-state index contributed by atoms with van der Waals surface area (Å²) in [5, 5.41) is 0. The number of nitrogens with zero attached hydrogens (tertiary/aromatic N) is 1. The lowest BCUT2D eigenvalue weighted by molar-refractivity contribution is -0.137. The molecule has 116 valence electrons. The van der Waals surface area contributed by atoms with E-state index in [1.54, 1.807) is 6.07 Å². The quantitative estimate of drug-likeness (QED) is 0.837. The van der Waals surface area contributed by atoms with E-state index in [4.69, 9.17) is 18.0 Å². The normalized spacial score (nSPS) is 18.6. The van der Waals surface area contributed by atoms with Gasteiger partial charge < -0.3 is 10.6 Å². The van der Waals surface area contributed by atoms with E-state index in [0.29, 0.717) is 5.69 Å². The molecule has 0 aliphatic carbocycles. The minimum absolute atomic E-state index is 0.112. The molecule has 2 rings (SSSR count). The lowest BCUT2D eigenvalue weighted by Gasteiger charge is -2.38. The summed E-state index contributed by atoms with van der Waals surface area (Å²) in [5.41, 5.74) is 5.36. The van der Waals surface area contributed by atoms with Crippen LogP contribution in [0.1, 0.15) is 37.8 Å². The number of anilines is 1. The van der Waals surface area contributed by atoms with Gasteiger partial charge in [-0.2, -0.15) is 13.2 Å². The van der Waals surface area contributed by atoms with Gasteiger partial charge in [-0.25, -0.2) is 0 Å². The Morgan fingerprint density at radius 3 is 2.29 bits per heavy atom. The Hall–Kier alpha value is -1.30. The van der Waals surface area contributed by atoms with Crippen LogP contribution >= 0.6 is 12.2 Å². The predicted molar refractivity (Wildman–Crippen MR) is 82.6 cm³/mol. The van der Waals surface area contributed by atoms with E-state index in [1.807, 2.05) is 4.90 Å². The van der Waals surface area contributed by atoms with Crippen LogP contribution in [0.5, 0.6) is 0 Å². The third-order valence-electron chi connectivity index (χ3n) is 4.06. The van der Waals surface area contributed by atoms with Gasteiger partial charge in [-0.1, -0.05) is 26.1 Å². The highest BCUT2D eigenvalue weighted by atomic mass is 32.1. The summed E-state index contributed by atoms with van der Waals surface area (Å²) in [6.07, 6.45) is -2.53. The van der Waals surface area contributed by atoms with E-state index in [2.05, 4.69) is 13.8 Å². The molecule has 0 bridgehead atoms. The summed E-state index contributed by atoms with van der Waals surface area (Å²) < 4.78 is 39.4. The van der Waals surface area contributed by atoms with E-state index < -0.39 is 11.7 Å². The first-order valence-electron chi connectivity index (χ1n) is 6.86. The van der Waals surface area contributed by atoms with Crippen LogP contribution in [-0.4, -0.2) is 18.1 Å². The summed E-state index contributed by atoms with van der Waals surface area (Å²) >= 11 is 4.71. The summed E-state index contributed by atoms with van der Waals surface area (Å²) in [6, 6.07) is 4.20. The highest BCUT2D eigenvalue weighted by Gasteiger charge is 2.35. The molecule has 0 radical (unpaired) electrons. The molecular weight excluding hydrogens is 297 g/mol. The maximum absolute atomic E-state index is 13.1. The summed E-state index contributed by atoms with van der Waals surface area (Å²) in [5.74, 6) is 0. The molecule has 2 N–H and O–H groups in total. The second-order valence-electron chi connectivity index (χ2n) is 6.24. The monoisotopic (exact) mass is 316 g/mol. The minimum atomic E-state index is -4.45.